The largest absolute Gasteiger partial charge is 0.503 e. The molecule has 0 fully saturated rings. The third-order valence-electron chi connectivity index (χ3n) is 1.71. The first-order valence-electron chi connectivity index (χ1n) is 3.82. The Morgan fingerprint density at radius 3 is 2.71 bits per heavy atom. The fourth-order valence-electron chi connectivity index (χ4n) is 1.12. The van der Waals surface area contributed by atoms with Gasteiger partial charge >= 0.3 is 5.97 Å². The maximum absolute atomic E-state index is 10.5. The number of rotatable bonds is 3. The topological polar surface area (TPSA) is 66.8 Å². The van der Waals surface area contributed by atoms with Gasteiger partial charge in [-0.2, -0.15) is 0 Å². The zero-order valence-corrected chi connectivity index (χ0v) is 8.21. The number of phenolic OH excluding ortho intramolecular Hbond substituents is 1. The van der Waals surface area contributed by atoms with Crippen LogP contribution in [0.3, 0.4) is 0 Å². The van der Waals surface area contributed by atoms with Crippen LogP contribution in [0.25, 0.3) is 0 Å². The maximum Gasteiger partial charge on any atom is 0.307 e. The van der Waals surface area contributed by atoms with Gasteiger partial charge in [-0.1, -0.05) is 17.7 Å². The average molecular weight is 217 g/mol. The van der Waals surface area contributed by atoms with E-state index in [4.69, 9.17) is 21.4 Å². The Kier molecular flexibility index (Phi) is 3.19. The van der Waals surface area contributed by atoms with Gasteiger partial charge in [0.25, 0.3) is 0 Å². The van der Waals surface area contributed by atoms with E-state index in [2.05, 4.69) is 0 Å². The zero-order chi connectivity index (χ0) is 10.7. The Balaban J connectivity index is 3.17. The van der Waals surface area contributed by atoms with Crippen molar-refractivity contribution in [2.75, 3.05) is 7.11 Å². The highest BCUT2D eigenvalue weighted by molar-refractivity contribution is 6.32. The first-order valence-corrected chi connectivity index (χ1v) is 4.20. The third-order valence-corrected chi connectivity index (χ3v) is 2.01. The normalized spacial score (nSPS) is 9.86. The molecule has 0 heterocycles. The highest BCUT2D eigenvalue weighted by Gasteiger charge is 2.14. The number of hydrogen-bond acceptors (Lipinski definition) is 3. The number of benzene rings is 1. The minimum Gasteiger partial charge on any atom is -0.503 e. The van der Waals surface area contributed by atoms with Gasteiger partial charge in [0, 0.05) is 5.56 Å². The lowest BCUT2D eigenvalue weighted by atomic mass is 10.1. The predicted octanol–water partition coefficient (Wildman–Crippen LogP) is 1.68. The summed E-state index contributed by atoms with van der Waals surface area (Å²) in [7, 11) is 1.34. The van der Waals surface area contributed by atoms with E-state index in [0.29, 0.717) is 5.56 Å². The number of phenols is 1. The highest BCUT2D eigenvalue weighted by atomic mass is 35.5. The molecule has 14 heavy (non-hydrogen) atoms. The second kappa shape index (κ2) is 4.19. The minimum absolute atomic E-state index is 0.111. The predicted molar refractivity (Wildman–Crippen MR) is 51.0 cm³/mol. The molecule has 0 spiro atoms. The van der Waals surface area contributed by atoms with E-state index in [9.17, 15) is 9.90 Å². The Morgan fingerprint density at radius 1 is 1.57 bits per heavy atom. The Labute approximate surface area is 85.7 Å². The molecule has 76 valence electrons. The summed E-state index contributed by atoms with van der Waals surface area (Å²) in [5.74, 6) is -1.11. The summed E-state index contributed by atoms with van der Waals surface area (Å²) in [5, 5.41) is 18.2. The molecule has 0 unspecified atom stereocenters. The molecule has 0 radical (unpaired) electrons. The van der Waals surface area contributed by atoms with Crippen LogP contribution in [0.5, 0.6) is 11.5 Å². The zero-order valence-electron chi connectivity index (χ0n) is 7.45. The SMILES string of the molecule is COc1c(CC(=O)O)ccc(Cl)c1O. The Morgan fingerprint density at radius 2 is 2.21 bits per heavy atom. The first-order chi connectivity index (χ1) is 6.56. The van der Waals surface area contributed by atoms with E-state index in [0.717, 1.165) is 0 Å². The summed E-state index contributed by atoms with van der Waals surface area (Å²) < 4.78 is 4.86. The molecule has 0 aliphatic carbocycles. The molecule has 2 N–H and O–H groups in total. The molecule has 5 heteroatoms. The van der Waals surface area contributed by atoms with E-state index >= 15 is 0 Å². The second-order valence-corrected chi connectivity index (χ2v) is 3.07. The second-order valence-electron chi connectivity index (χ2n) is 2.66. The molecule has 1 rings (SSSR count). The molecule has 0 saturated carbocycles. The van der Waals surface area contributed by atoms with E-state index in [-0.39, 0.29) is 22.9 Å². The molecule has 0 atom stereocenters. The maximum atomic E-state index is 10.5. The van der Waals surface area contributed by atoms with Gasteiger partial charge in [-0.05, 0) is 6.07 Å². The van der Waals surface area contributed by atoms with Crippen LogP contribution in [0.15, 0.2) is 12.1 Å². The van der Waals surface area contributed by atoms with Gasteiger partial charge < -0.3 is 14.9 Å². The van der Waals surface area contributed by atoms with Crippen molar-refractivity contribution in [3.8, 4) is 11.5 Å². The van der Waals surface area contributed by atoms with Crippen molar-refractivity contribution >= 4 is 17.6 Å². The molecule has 0 aliphatic rings. The lowest BCUT2D eigenvalue weighted by Gasteiger charge is -2.09. The molecule has 0 aromatic heterocycles. The number of carboxylic acids is 1. The van der Waals surface area contributed by atoms with Gasteiger partial charge in [-0.25, -0.2) is 0 Å². The summed E-state index contributed by atoms with van der Waals surface area (Å²) >= 11 is 5.62. The van der Waals surface area contributed by atoms with E-state index in [1.807, 2.05) is 0 Å². The van der Waals surface area contributed by atoms with Gasteiger partial charge in [0.1, 0.15) is 0 Å². The monoisotopic (exact) mass is 216 g/mol. The van der Waals surface area contributed by atoms with Crippen LogP contribution in [0, 0.1) is 0 Å². The van der Waals surface area contributed by atoms with Crippen LogP contribution in [0.1, 0.15) is 5.56 Å². The Hall–Kier alpha value is -1.42. The minimum atomic E-state index is -0.995. The first kappa shape index (κ1) is 10.7. The molecule has 0 amide bonds. The molecular formula is C9H9ClO4. The average Bonchev–Trinajstić information content (AvgIpc) is 2.11. The number of carbonyl (C=O) groups is 1. The van der Waals surface area contributed by atoms with Crippen LogP contribution in [-0.2, 0) is 11.2 Å². The summed E-state index contributed by atoms with van der Waals surface area (Å²) in [4.78, 5) is 10.5. The highest BCUT2D eigenvalue weighted by Crippen LogP contribution is 2.36. The fraction of sp³-hybridized carbons (Fsp3) is 0.222. The lowest BCUT2D eigenvalue weighted by molar-refractivity contribution is -0.136. The smallest absolute Gasteiger partial charge is 0.307 e. The van der Waals surface area contributed by atoms with Crippen molar-refractivity contribution in [2.45, 2.75) is 6.42 Å². The number of hydrogen-bond donors (Lipinski definition) is 2. The van der Waals surface area contributed by atoms with Crippen molar-refractivity contribution in [3.63, 3.8) is 0 Å². The number of carboxylic acid groups (broad SMARTS) is 1. The quantitative estimate of drug-likeness (QED) is 0.807. The Bertz CT molecular complexity index is 362. The van der Waals surface area contributed by atoms with Crippen LogP contribution < -0.4 is 4.74 Å². The summed E-state index contributed by atoms with van der Waals surface area (Å²) in [6.07, 6.45) is -0.214. The lowest BCUT2D eigenvalue weighted by Crippen LogP contribution is -2.02. The van der Waals surface area contributed by atoms with Gasteiger partial charge in [0.05, 0.1) is 18.6 Å². The molecule has 0 bridgehead atoms. The summed E-state index contributed by atoms with van der Waals surface area (Å²) in [6, 6.07) is 2.94. The van der Waals surface area contributed by atoms with Crippen molar-refractivity contribution in [1.29, 1.82) is 0 Å². The van der Waals surface area contributed by atoms with Gasteiger partial charge in [-0.3, -0.25) is 4.79 Å². The summed E-state index contributed by atoms with van der Waals surface area (Å²) in [5.41, 5.74) is 0.391. The van der Waals surface area contributed by atoms with Crippen molar-refractivity contribution in [2.24, 2.45) is 0 Å². The molecular weight excluding hydrogens is 208 g/mol. The van der Waals surface area contributed by atoms with Crippen LogP contribution in [0.2, 0.25) is 5.02 Å². The number of ether oxygens (including phenoxy) is 1. The molecule has 0 saturated heterocycles. The molecule has 0 aliphatic heterocycles. The van der Waals surface area contributed by atoms with Crippen LogP contribution in [-0.4, -0.2) is 23.3 Å². The number of aliphatic carboxylic acids is 1. The van der Waals surface area contributed by atoms with Crippen molar-refractivity contribution in [1.82, 2.24) is 0 Å². The van der Waals surface area contributed by atoms with Gasteiger partial charge in [0.2, 0.25) is 0 Å². The van der Waals surface area contributed by atoms with Crippen molar-refractivity contribution in [3.05, 3.63) is 22.7 Å². The number of aromatic hydroxyl groups is 1. The standard InChI is InChI=1S/C9H9ClO4/c1-14-9-5(4-7(11)12)2-3-6(10)8(9)13/h2-3,13H,4H2,1H3,(H,11,12). The van der Waals surface area contributed by atoms with Crippen LogP contribution in [0.4, 0.5) is 0 Å². The molecule has 1 aromatic rings. The third kappa shape index (κ3) is 2.09. The van der Waals surface area contributed by atoms with Crippen molar-refractivity contribution < 1.29 is 19.7 Å². The van der Waals surface area contributed by atoms with E-state index < -0.39 is 5.97 Å². The van der Waals surface area contributed by atoms with E-state index in [1.54, 1.807) is 0 Å². The molecule has 4 nitrogen and oxygen atoms in total. The number of methoxy groups -OCH3 is 1. The van der Waals surface area contributed by atoms with Gasteiger partial charge in [0.15, 0.2) is 11.5 Å². The molecule has 1 aromatic carbocycles. The number of halogens is 1. The fourth-order valence-corrected chi connectivity index (χ4v) is 1.27. The summed E-state index contributed by atoms with van der Waals surface area (Å²) in [6.45, 7) is 0. The van der Waals surface area contributed by atoms with Gasteiger partial charge in [-0.15, -0.1) is 0 Å². The van der Waals surface area contributed by atoms with Crippen LogP contribution >= 0.6 is 11.6 Å². The van der Waals surface area contributed by atoms with E-state index in [1.165, 1.54) is 19.2 Å².